The highest BCUT2D eigenvalue weighted by Gasteiger charge is 2.29. The lowest BCUT2D eigenvalue weighted by atomic mass is 10.0. The van der Waals surface area contributed by atoms with E-state index in [4.69, 9.17) is 0 Å². The number of carbonyl (C=O) groups is 1. The van der Waals surface area contributed by atoms with Crippen molar-refractivity contribution in [2.75, 3.05) is 18.0 Å². The molecule has 2 aliphatic rings. The van der Waals surface area contributed by atoms with Crippen molar-refractivity contribution >= 4 is 21.6 Å². The van der Waals surface area contributed by atoms with E-state index >= 15 is 0 Å². The van der Waals surface area contributed by atoms with Crippen molar-refractivity contribution in [3.8, 4) is 0 Å². The van der Waals surface area contributed by atoms with E-state index in [1.165, 1.54) is 9.87 Å². The summed E-state index contributed by atoms with van der Waals surface area (Å²) in [6, 6.07) is 22.2. The van der Waals surface area contributed by atoms with E-state index in [0.29, 0.717) is 31.6 Å². The molecule has 0 aromatic heterocycles. The van der Waals surface area contributed by atoms with Gasteiger partial charge in [-0.15, -0.1) is 0 Å². The van der Waals surface area contributed by atoms with Crippen molar-refractivity contribution in [3.63, 3.8) is 0 Å². The van der Waals surface area contributed by atoms with Gasteiger partial charge in [0.1, 0.15) is 0 Å². The summed E-state index contributed by atoms with van der Waals surface area (Å²) in [6.45, 7) is 1.49. The Kier molecular flexibility index (Phi) is 4.68. The van der Waals surface area contributed by atoms with Crippen molar-refractivity contribution in [2.24, 2.45) is 0 Å². The Bertz CT molecular complexity index is 1220. The Morgan fingerprint density at radius 3 is 2.13 bits per heavy atom. The number of anilines is 1. The van der Waals surface area contributed by atoms with Gasteiger partial charge < -0.3 is 4.90 Å². The van der Waals surface area contributed by atoms with Crippen LogP contribution < -0.4 is 4.90 Å². The standard InChI is InChI=1S/C24H22N2O3S/c27-24(26-16-14-19-6-3-4-8-23(19)26)20-9-11-22(12-10-20)30(28,29)25-15-13-18-5-1-2-7-21(18)17-25/h1-12H,13-17H2. The summed E-state index contributed by atoms with van der Waals surface area (Å²) in [5.41, 5.74) is 4.85. The van der Waals surface area contributed by atoms with Crippen LogP contribution in [0.4, 0.5) is 5.69 Å². The molecule has 3 aromatic carbocycles. The minimum absolute atomic E-state index is 0.101. The van der Waals surface area contributed by atoms with Gasteiger partial charge in [-0.1, -0.05) is 42.5 Å². The molecule has 2 heterocycles. The molecule has 1 amide bonds. The summed E-state index contributed by atoms with van der Waals surface area (Å²) < 4.78 is 27.8. The summed E-state index contributed by atoms with van der Waals surface area (Å²) in [4.78, 5) is 15.0. The van der Waals surface area contributed by atoms with E-state index in [2.05, 4.69) is 6.07 Å². The number of benzene rings is 3. The van der Waals surface area contributed by atoms with Crippen molar-refractivity contribution in [1.29, 1.82) is 0 Å². The average Bonchev–Trinajstić information content (AvgIpc) is 3.22. The molecule has 6 heteroatoms. The summed E-state index contributed by atoms with van der Waals surface area (Å²) >= 11 is 0. The number of hydrogen-bond acceptors (Lipinski definition) is 3. The van der Waals surface area contributed by atoms with E-state index in [1.54, 1.807) is 29.2 Å². The maximum Gasteiger partial charge on any atom is 0.258 e. The molecule has 0 N–H and O–H groups in total. The minimum Gasteiger partial charge on any atom is -0.308 e. The van der Waals surface area contributed by atoms with Crippen LogP contribution >= 0.6 is 0 Å². The molecule has 0 radical (unpaired) electrons. The second kappa shape index (κ2) is 7.38. The second-order valence-electron chi connectivity index (χ2n) is 7.72. The van der Waals surface area contributed by atoms with Crippen LogP contribution in [0.15, 0.2) is 77.7 Å². The van der Waals surface area contributed by atoms with Gasteiger partial charge in [-0.2, -0.15) is 4.31 Å². The van der Waals surface area contributed by atoms with Gasteiger partial charge in [-0.3, -0.25) is 4.79 Å². The minimum atomic E-state index is -3.61. The molecule has 0 aliphatic carbocycles. The maximum absolute atomic E-state index is 13.1. The Morgan fingerprint density at radius 2 is 1.37 bits per heavy atom. The fourth-order valence-electron chi connectivity index (χ4n) is 4.30. The fraction of sp³-hybridized carbons (Fsp3) is 0.208. The van der Waals surface area contributed by atoms with Gasteiger partial charge in [0, 0.05) is 30.9 Å². The second-order valence-corrected chi connectivity index (χ2v) is 9.66. The van der Waals surface area contributed by atoms with E-state index < -0.39 is 10.0 Å². The number of carbonyl (C=O) groups excluding carboxylic acids is 1. The molecule has 5 nitrogen and oxygen atoms in total. The first-order valence-corrected chi connectivity index (χ1v) is 11.5. The third kappa shape index (κ3) is 3.22. The van der Waals surface area contributed by atoms with Crippen molar-refractivity contribution < 1.29 is 13.2 Å². The summed E-state index contributed by atoms with van der Waals surface area (Å²) in [7, 11) is -3.61. The maximum atomic E-state index is 13.1. The van der Waals surface area contributed by atoms with Crippen LogP contribution in [-0.4, -0.2) is 31.7 Å². The molecular weight excluding hydrogens is 396 g/mol. The predicted molar refractivity (Wildman–Crippen MR) is 116 cm³/mol. The molecule has 0 saturated heterocycles. The van der Waals surface area contributed by atoms with Gasteiger partial charge in [0.2, 0.25) is 10.0 Å². The molecule has 0 saturated carbocycles. The van der Waals surface area contributed by atoms with Gasteiger partial charge >= 0.3 is 0 Å². The first kappa shape index (κ1) is 19.0. The summed E-state index contributed by atoms with van der Waals surface area (Å²) in [5.74, 6) is -0.101. The summed E-state index contributed by atoms with van der Waals surface area (Å²) in [6.07, 6.45) is 1.55. The zero-order valence-electron chi connectivity index (χ0n) is 16.5. The number of hydrogen-bond donors (Lipinski definition) is 0. The quantitative estimate of drug-likeness (QED) is 0.653. The topological polar surface area (TPSA) is 57.7 Å². The fourth-order valence-corrected chi connectivity index (χ4v) is 5.72. The highest BCUT2D eigenvalue weighted by atomic mass is 32.2. The SMILES string of the molecule is O=C(c1ccc(S(=O)(=O)N2CCc3ccccc3C2)cc1)N1CCc2ccccc21. The molecule has 0 spiro atoms. The van der Waals surface area contributed by atoms with Crippen LogP contribution in [0, 0.1) is 0 Å². The third-order valence-corrected chi connectivity index (χ3v) is 7.83. The van der Waals surface area contributed by atoms with Gasteiger partial charge in [0.15, 0.2) is 0 Å². The molecular formula is C24H22N2O3S. The first-order chi connectivity index (χ1) is 14.5. The van der Waals surface area contributed by atoms with Gasteiger partial charge in [0.25, 0.3) is 5.91 Å². The molecule has 2 aliphatic heterocycles. The molecule has 0 bridgehead atoms. The van der Waals surface area contributed by atoms with Gasteiger partial charge in [-0.05, 0) is 59.9 Å². The summed E-state index contributed by atoms with van der Waals surface area (Å²) in [5, 5.41) is 0. The number of sulfonamides is 1. The van der Waals surface area contributed by atoms with E-state index in [-0.39, 0.29) is 10.8 Å². The molecule has 0 unspecified atom stereocenters. The van der Waals surface area contributed by atoms with Gasteiger partial charge in [0.05, 0.1) is 4.90 Å². The highest BCUT2D eigenvalue weighted by molar-refractivity contribution is 7.89. The third-order valence-electron chi connectivity index (χ3n) is 5.97. The Morgan fingerprint density at radius 1 is 0.733 bits per heavy atom. The molecule has 30 heavy (non-hydrogen) atoms. The smallest absolute Gasteiger partial charge is 0.258 e. The first-order valence-electron chi connectivity index (χ1n) is 10.1. The highest BCUT2D eigenvalue weighted by Crippen LogP contribution is 2.29. The Labute approximate surface area is 176 Å². The van der Waals surface area contributed by atoms with E-state index in [1.807, 2.05) is 42.5 Å². The number of amides is 1. The van der Waals surface area contributed by atoms with Crippen molar-refractivity contribution in [1.82, 2.24) is 4.31 Å². The van der Waals surface area contributed by atoms with Crippen LogP contribution in [-0.2, 0) is 29.4 Å². The number of fused-ring (bicyclic) bond motifs is 2. The zero-order valence-corrected chi connectivity index (χ0v) is 17.3. The monoisotopic (exact) mass is 418 g/mol. The van der Waals surface area contributed by atoms with Crippen LogP contribution in [0.5, 0.6) is 0 Å². The van der Waals surface area contributed by atoms with Crippen LogP contribution in [0.1, 0.15) is 27.0 Å². The normalized spacial score (nSPS) is 16.2. The Balaban J connectivity index is 1.37. The number of para-hydroxylation sites is 1. The molecule has 5 rings (SSSR count). The van der Waals surface area contributed by atoms with Gasteiger partial charge in [-0.25, -0.2) is 8.42 Å². The molecule has 152 valence electrons. The number of nitrogens with zero attached hydrogens (tertiary/aromatic N) is 2. The average molecular weight is 419 g/mol. The zero-order chi connectivity index (χ0) is 20.7. The van der Waals surface area contributed by atoms with Crippen LogP contribution in [0.3, 0.4) is 0 Å². The molecule has 0 fully saturated rings. The lowest BCUT2D eigenvalue weighted by molar-refractivity contribution is 0.0989. The Hall–Kier alpha value is -2.96. The largest absolute Gasteiger partial charge is 0.308 e. The molecule has 0 atom stereocenters. The van der Waals surface area contributed by atoms with Crippen LogP contribution in [0.25, 0.3) is 0 Å². The van der Waals surface area contributed by atoms with E-state index in [0.717, 1.165) is 23.2 Å². The predicted octanol–water partition coefficient (Wildman–Crippen LogP) is 3.64. The number of rotatable bonds is 3. The van der Waals surface area contributed by atoms with Crippen molar-refractivity contribution in [3.05, 3.63) is 95.1 Å². The van der Waals surface area contributed by atoms with E-state index in [9.17, 15) is 13.2 Å². The lowest BCUT2D eigenvalue weighted by Crippen LogP contribution is -2.36. The molecule has 3 aromatic rings. The van der Waals surface area contributed by atoms with Crippen molar-refractivity contribution in [2.45, 2.75) is 24.3 Å². The van der Waals surface area contributed by atoms with Crippen LogP contribution in [0.2, 0.25) is 0 Å². The lowest BCUT2D eigenvalue weighted by Gasteiger charge is -2.28.